The molecule has 1 aromatic heterocycles. The topological polar surface area (TPSA) is 41.1 Å². The van der Waals surface area contributed by atoms with Crippen molar-refractivity contribution in [2.45, 2.75) is 19.9 Å². The van der Waals surface area contributed by atoms with Gasteiger partial charge in [0, 0.05) is 10.6 Å². The van der Waals surface area contributed by atoms with E-state index in [9.17, 15) is 9.18 Å². The van der Waals surface area contributed by atoms with Gasteiger partial charge in [-0.1, -0.05) is 36.4 Å². The van der Waals surface area contributed by atoms with Crippen molar-refractivity contribution in [3.05, 3.63) is 87.4 Å². The molecular formula is C21H21FN2OS. The standard InChI is InChI=1S/C21H21FN2OS/c1-14-5-3-6-15(2)20(14)24-19(25)13-23-21(18-7-4-12-26-18)16-8-10-17(22)11-9-16/h3-12,21,23H,13H2,1-2H3,(H,24,25). The fourth-order valence-corrected chi connectivity index (χ4v) is 3.71. The maximum absolute atomic E-state index is 13.2. The predicted molar refractivity (Wildman–Crippen MR) is 105 cm³/mol. The smallest absolute Gasteiger partial charge is 0.238 e. The minimum Gasteiger partial charge on any atom is -0.324 e. The predicted octanol–water partition coefficient (Wildman–Crippen LogP) is 4.82. The van der Waals surface area contributed by atoms with E-state index in [2.05, 4.69) is 10.6 Å². The lowest BCUT2D eigenvalue weighted by Crippen LogP contribution is -2.31. The van der Waals surface area contributed by atoms with Crippen molar-refractivity contribution in [3.63, 3.8) is 0 Å². The Kier molecular flexibility index (Phi) is 5.81. The van der Waals surface area contributed by atoms with Crippen LogP contribution >= 0.6 is 11.3 Å². The number of anilines is 1. The van der Waals surface area contributed by atoms with Gasteiger partial charge in [0.2, 0.25) is 5.91 Å². The SMILES string of the molecule is Cc1cccc(C)c1NC(=O)CNC(c1ccc(F)cc1)c1cccs1. The number of hydrogen-bond acceptors (Lipinski definition) is 3. The Morgan fingerprint density at radius 2 is 1.73 bits per heavy atom. The second-order valence-electron chi connectivity index (χ2n) is 6.20. The van der Waals surface area contributed by atoms with Crippen molar-refractivity contribution in [1.29, 1.82) is 0 Å². The quantitative estimate of drug-likeness (QED) is 0.655. The van der Waals surface area contributed by atoms with Gasteiger partial charge in [0.1, 0.15) is 5.82 Å². The zero-order valence-corrected chi connectivity index (χ0v) is 15.6. The molecule has 3 aromatic rings. The third-order valence-electron chi connectivity index (χ3n) is 4.24. The van der Waals surface area contributed by atoms with Gasteiger partial charge < -0.3 is 5.32 Å². The van der Waals surface area contributed by atoms with Gasteiger partial charge in [-0.15, -0.1) is 11.3 Å². The van der Waals surface area contributed by atoms with E-state index in [1.165, 1.54) is 12.1 Å². The number of para-hydroxylation sites is 1. The molecule has 2 N–H and O–H groups in total. The van der Waals surface area contributed by atoms with Gasteiger partial charge in [-0.3, -0.25) is 10.1 Å². The highest BCUT2D eigenvalue weighted by atomic mass is 32.1. The number of aryl methyl sites for hydroxylation is 2. The molecule has 0 bridgehead atoms. The first-order valence-corrected chi connectivity index (χ1v) is 9.31. The molecule has 0 saturated carbocycles. The van der Waals surface area contributed by atoms with Crippen LogP contribution in [0.4, 0.5) is 10.1 Å². The van der Waals surface area contributed by atoms with Crippen LogP contribution in [0.1, 0.15) is 27.6 Å². The van der Waals surface area contributed by atoms with Crippen LogP contribution in [0.5, 0.6) is 0 Å². The molecule has 0 aliphatic heterocycles. The minimum absolute atomic E-state index is 0.105. The highest BCUT2D eigenvalue weighted by Crippen LogP contribution is 2.26. The zero-order chi connectivity index (χ0) is 18.5. The summed E-state index contributed by atoms with van der Waals surface area (Å²) in [6.07, 6.45) is 0. The molecule has 26 heavy (non-hydrogen) atoms. The Morgan fingerprint density at radius 1 is 1.04 bits per heavy atom. The number of benzene rings is 2. The molecule has 1 unspecified atom stereocenters. The van der Waals surface area contributed by atoms with Gasteiger partial charge in [-0.2, -0.15) is 0 Å². The number of nitrogens with one attached hydrogen (secondary N) is 2. The van der Waals surface area contributed by atoms with Crippen LogP contribution in [0, 0.1) is 19.7 Å². The highest BCUT2D eigenvalue weighted by molar-refractivity contribution is 7.10. The molecule has 5 heteroatoms. The second kappa shape index (κ2) is 8.25. The van der Waals surface area contributed by atoms with Gasteiger partial charge >= 0.3 is 0 Å². The minimum atomic E-state index is -0.272. The fraction of sp³-hybridized carbons (Fsp3) is 0.190. The lowest BCUT2D eigenvalue weighted by Gasteiger charge is -2.18. The van der Waals surface area contributed by atoms with Crippen molar-refractivity contribution in [3.8, 4) is 0 Å². The Hall–Kier alpha value is -2.50. The number of hydrogen-bond donors (Lipinski definition) is 2. The van der Waals surface area contributed by atoms with Crippen LogP contribution in [-0.2, 0) is 4.79 Å². The van der Waals surface area contributed by atoms with E-state index in [-0.39, 0.29) is 24.3 Å². The number of amides is 1. The molecule has 0 radical (unpaired) electrons. The largest absolute Gasteiger partial charge is 0.324 e. The van der Waals surface area contributed by atoms with Gasteiger partial charge in [0.15, 0.2) is 0 Å². The number of thiophene rings is 1. The summed E-state index contributed by atoms with van der Waals surface area (Å²) in [5.74, 6) is -0.377. The van der Waals surface area contributed by atoms with Crippen molar-refractivity contribution in [2.24, 2.45) is 0 Å². The summed E-state index contributed by atoms with van der Waals surface area (Å²) in [7, 11) is 0. The molecule has 3 nitrogen and oxygen atoms in total. The van der Waals surface area contributed by atoms with E-state index in [1.54, 1.807) is 23.5 Å². The van der Waals surface area contributed by atoms with Crippen LogP contribution in [0.25, 0.3) is 0 Å². The van der Waals surface area contributed by atoms with E-state index < -0.39 is 0 Å². The molecule has 0 aliphatic rings. The van der Waals surface area contributed by atoms with Crippen LogP contribution in [0.3, 0.4) is 0 Å². The van der Waals surface area contributed by atoms with E-state index in [4.69, 9.17) is 0 Å². The molecule has 0 saturated heterocycles. The Labute approximate surface area is 156 Å². The average molecular weight is 368 g/mol. The summed E-state index contributed by atoms with van der Waals surface area (Å²) in [5.41, 5.74) is 3.85. The molecular weight excluding hydrogens is 347 g/mol. The van der Waals surface area contributed by atoms with Gasteiger partial charge in [0.25, 0.3) is 0 Å². The Bertz CT molecular complexity index is 855. The lowest BCUT2D eigenvalue weighted by atomic mass is 10.1. The van der Waals surface area contributed by atoms with E-state index >= 15 is 0 Å². The van der Waals surface area contributed by atoms with Crippen LogP contribution in [0.15, 0.2) is 60.0 Å². The normalized spacial score (nSPS) is 12.0. The zero-order valence-electron chi connectivity index (χ0n) is 14.8. The maximum Gasteiger partial charge on any atom is 0.238 e. The van der Waals surface area contributed by atoms with Crippen LogP contribution < -0.4 is 10.6 Å². The Balaban J connectivity index is 1.72. The van der Waals surface area contributed by atoms with Gasteiger partial charge in [-0.25, -0.2) is 4.39 Å². The van der Waals surface area contributed by atoms with E-state index in [1.807, 2.05) is 49.6 Å². The number of carbonyl (C=O) groups is 1. The van der Waals surface area contributed by atoms with Crippen molar-refractivity contribution in [2.75, 3.05) is 11.9 Å². The molecule has 1 heterocycles. The summed E-state index contributed by atoms with van der Waals surface area (Å²) in [6.45, 7) is 4.11. The van der Waals surface area contributed by atoms with Crippen molar-refractivity contribution in [1.82, 2.24) is 5.32 Å². The third-order valence-corrected chi connectivity index (χ3v) is 5.18. The molecule has 1 atom stereocenters. The lowest BCUT2D eigenvalue weighted by molar-refractivity contribution is -0.115. The number of halogens is 1. The molecule has 1 amide bonds. The van der Waals surface area contributed by atoms with Gasteiger partial charge in [0.05, 0.1) is 12.6 Å². The fourth-order valence-electron chi connectivity index (χ4n) is 2.88. The highest BCUT2D eigenvalue weighted by Gasteiger charge is 2.17. The Morgan fingerprint density at radius 3 is 2.35 bits per heavy atom. The maximum atomic E-state index is 13.2. The molecule has 134 valence electrons. The average Bonchev–Trinajstić information content (AvgIpc) is 3.14. The molecule has 0 spiro atoms. The van der Waals surface area contributed by atoms with E-state index in [0.717, 1.165) is 27.3 Å². The first-order valence-electron chi connectivity index (χ1n) is 8.43. The molecule has 3 rings (SSSR count). The van der Waals surface area contributed by atoms with Crippen LogP contribution in [-0.4, -0.2) is 12.5 Å². The molecule has 0 fully saturated rings. The number of carbonyl (C=O) groups excluding carboxylic acids is 1. The summed E-state index contributed by atoms with van der Waals surface area (Å²) >= 11 is 1.60. The summed E-state index contributed by atoms with van der Waals surface area (Å²) in [6, 6.07) is 16.1. The summed E-state index contributed by atoms with van der Waals surface area (Å²) < 4.78 is 13.2. The first kappa shape index (κ1) is 18.3. The van der Waals surface area contributed by atoms with Crippen LogP contribution in [0.2, 0.25) is 0 Å². The van der Waals surface area contributed by atoms with Crippen molar-refractivity contribution < 1.29 is 9.18 Å². The number of rotatable bonds is 6. The molecule has 2 aromatic carbocycles. The summed E-state index contributed by atoms with van der Waals surface area (Å²) in [5, 5.41) is 8.26. The van der Waals surface area contributed by atoms with E-state index in [0.29, 0.717) is 0 Å². The summed E-state index contributed by atoms with van der Waals surface area (Å²) in [4.78, 5) is 13.5. The second-order valence-corrected chi connectivity index (χ2v) is 7.18. The molecule has 0 aliphatic carbocycles. The van der Waals surface area contributed by atoms with Gasteiger partial charge in [-0.05, 0) is 54.1 Å². The first-order chi connectivity index (χ1) is 12.5. The monoisotopic (exact) mass is 368 g/mol. The third kappa shape index (κ3) is 4.36. The van der Waals surface area contributed by atoms with Crippen molar-refractivity contribution >= 4 is 22.9 Å².